The zero-order valence-electron chi connectivity index (χ0n) is 11.9. The van der Waals surface area contributed by atoms with E-state index in [9.17, 15) is 9.59 Å². The van der Waals surface area contributed by atoms with Crippen molar-refractivity contribution >= 4 is 33.7 Å². The van der Waals surface area contributed by atoms with Gasteiger partial charge in [0.15, 0.2) is 0 Å². The van der Waals surface area contributed by atoms with Gasteiger partial charge in [0.05, 0.1) is 0 Å². The second-order valence-corrected chi connectivity index (χ2v) is 6.04. The van der Waals surface area contributed by atoms with Gasteiger partial charge in [0.25, 0.3) is 0 Å². The van der Waals surface area contributed by atoms with Crippen molar-refractivity contribution in [1.82, 2.24) is 9.88 Å². The molecule has 20 heavy (non-hydrogen) atoms. The molecule has 0 radical (unpaired) electrons. The fourth-order valence-corrected chi connectivity index (χ4v) is 1.62. The summed E-state index contributed by atoms with van der Waals surface area (Å²) in [7, 11) is 1.50. The second-order valence-electron chi connectivity index (χ2n) is 5.23. The smallest absolute Gasteiger partial charge is 0.410 e. The number of hydrogen-bond donors (Lipinski definition) is 1. The summed E-state index contributed by atoms with van der Waals surface area (Å²) in [5.41, 5.74) is -0.590. The lowest BCUT2D eigenvalue weighted by Crippen LogP contribution is -2.38. The van der Waals surface area contributed by atoms with E-state index in [1.807, 2.05) is 0 Å². The molecule has 0 atom stereocenters. The van der Waals surface area contributed by atoms with Crippen LogP contribution in [0, 0.1) is 0 Å². The monoisotopic (exact) mass is 343 g/mol. The summed E-state index contributed by atoms with van der Waals surface area (Å²) in [6, 6.07) is 5.17. The third-order valence-electron chi connectivity index (χ3n) is 2.07. The molecule has 0 aliphatic heterocycles. The Hall–Kier alpha value is -1.63. The average Bonchev–Trinajstić information content (AvgIpc) is 2.26. The second kappa shape index (κ2) is 6.69. The van der Waals surface area contributed by atoms with E-state index in [-0.39, 0.29) is 12.5 Å². The van der Waals surface area contributed by atoms with Crippen LogP contribution < -0.4 is 5.32 Å². The van der Waals surface area contributed by atoms with Crippen LogP contribution in [-0.4, -0.2) is 41.1 Å². The number of carbonyl (C=O) groups is 2. The molecule has 0 spiro atoms. The number of ether oxygens (including phenoxy) is 1. The molecule has 0 saturated carbocycles. The van der Waals surface area contributed by atoms with Crippen LogP contribution in [0.2, 0.25) is 0 Å². The molecule has 0 fully saturated rings. The molecular formula is C13H18BrN3O3. The molecule has 0 saturated heterocycles. The number of aromatic nitrogens is 1. The Balaban J connectivity index is 2.52. The van der Waals surface area contributed by atoms with Gasteiger partial charge in [-0.05, 0) is 48.8 Å². The van der Waals surface area contributed by atoms with Crippen LogP contribution in [-0.2, 0) is 9.53 Å². The Labute approximate surface area is 126 Å². The van der Waals surface area contributed by atoms with E-state index >= 15 is 0 Å². The highest BCUT2D eigenvalue weighted by Gasteiger charge is 2.21. The third-order valence-corrected chi connectivity index (χ3v) is 2.51. The molecule has 0 aromatic carbocycles. The maximum absolute atomic E-state index is 11.8. The zero-order chi connectivity index (χ0) is 15.3. The minimum Gasteiger partial charge on any atom is -0.444 e. The maximum atomic E-state index is 11.8. The lowest BCUT2D eigenvalue weighted by atomic mass is 10.2. The van der Waals surface area contributed by atoms with E-state index in [0.29, 0.717) is 10.4 Å². The number of likely N-dealkylation sites (N-methyl/N-ethyl adjacent to an activating group) is 1. The lowest BCUT2D eigenvalue weighted by Gasteiger charge is -2.24. The van der Waals surface area contributed by atoms with Crippen LogP contribution in [0.15, 0.2) is 22.8 Å². The van der Waals surface area contributed by atoms with Gasteiger partial charge < -0.3 is 15.0 Å². The molecule has 1 aromatic heterocycles. The molecule has 1 heterocycles. The fourth-order valence-electron chi connectivity index (χ4n) is 1.28. The number of rotatable bonds is 3. The topological polar surface area (TPSA) is 71.5 Å². The van der Waals surface area contributed by atoms with Gasteiger partial charge in [-0.25, -0.2) is 9.78 Å². The van der Waals surface area contributed by atoms with Crippen LogP contribution >= 0.6 is 15.9 Å². The molecule has 7 heteroatoms. The standard InChI is InChI=1S/C13H18BrN3O3/c1-13(2,3)20-12(19)17(4)8-11(18)16-10-7-5-6-9(14)15-10/h5-7H,8H2,1-4H3,(H,15,16,18). The molecule has 1 aromatic rings. The number of carbonyl (C=O) groups excluding carboxylic acids is 2. The molecule has 1 rings (SSSR count). The molecule has 2 amide bonds. The summed E-state index contributed by atoms with van der Waals surface area (Å²) < 4.78 is 5.77. The van der Waals surface area contributed by atoms with Crippen molar-refractivity contribution in [2.75, 3.05) is 18.9 Å². The summed E-state index contributed by atoms with van der Waals surface area (Å²) in [6.07, 6.45) is -0.546. The number of nitrogens with zero attached hydrogens (tertiary/aromatic N) is 2. The first-order valence-electron chi connectivity index (χ1n) is 6.04. The van der Waals surface area contributed by atoms with Crippen LogP contribution in [0.25, 0.3) is 0 Å². The number of hydrogen-bond acceptors (Lipinski definition) is 4. The minimum absolute atomic E-state index is 0.108. The van der Waals surface area contributed by atoms with E-state index in [4.69, 9.17) is 4.74 Å². The fraction of sp³-hybridized carbons (Fsp3) is 0.462. The van der Waals surface area contributed by atoms with Crippen molar-refractivity contribution in [1.29, 1.82) is 0 Å². The van der Waals surface area contributed by atoms with E-state index in [0.717, 1.165) is 0 Å². The summed E-state index contributed by atoms with van der Waals surface area (Å²) in [4.78, 5) is 28.8. The van der Waals surface area contributed by atoms with Gasteiger partial charge >= 0.3 is 6.09 Å². The Kier molecular flexibility index (Phi) is 5.50. The van der Waals surface area contributed by atoms with Crippen molar-refractivity contribution in [2.24, 2.45) is 0 Å². The van der Waals surface area contributed by atoms with E-state index in [1.54, 1.807) is 39.0 Å². The van der Waals surface area contributed by atoms with E-state index in [2.05, 4.69) is 26.2 Å². The molecule has 0 bridgehead atoms. The van der Waals surface area contributed by atoms with Gasteiger partial charge in [-0.1, -0.05) is 6.07 Å². The Morgan fingerprint density at radius 2 is 2.05 bits per heavy atom. The van der Waals surface area contributed by atoms with Gasteiger partial charge in [0.2, 0.25) is 5.91 Å². The molecule has 0 unspecified atom stereocenters. The van der Waals surface area contributed by atoms with Crippen molar-refractivity contribution in [2.45, 2.75) is 26.4 Å². The van der Waals surface area contributed by atoms with Gasteiger partial charge in [0, 0.05) is 7.05 Å². The number of amides is 2. The zero-order valence-corrected chi connectivity index (χ0v) is 13.5. The summed E-state index contributed by atoms with van der Waals surface area (Å²) in [6.45, 7) is 5.20. The van der Waals surface area contributed by atoms with Crippen LogP contribution in [0.5, 0.6) is 0 Å². The Bertz CT molecular complexity index is 500. The Morgan fingerprint density at radius 3 is 2.60 bits per heavy atom. The van der Waals surface area contributed by atoms with Gasteiger partial charge in [-0.2, -0.15) is 0 Å². The number of anilines is 1. The molecule has 0 aliphatic carbocycles. The number of pyridine rings is 1. The van der Waals surface area contributed by atoms with Gasteiger partial charge in [0.1, 0.15) is 22.6 Å². The molecule has 0 aliphatic rings. The van der Waals surface area contributed by atoms with Crippen molar-refractivity contribution < 1.29 is 14.3 Å². The minimum atomic E-state index is -0.590. The summed E-state index contributed by atoms with van der Waals surface area (Å²) in [5.74, 6) is 0.0749. The SMILES string of the molecule is CN(CC(=O)Nc1cccc(Br)n1)C(=O)OC(C)(C)C. The largest absolute Gasteiger partial charge is 0.444 e. The molecule has 6 nitrogen and oxygen atoms in total. The van der Waals surface area contributed by atoms with Crippen molar-refractivity contribution in [3.8, 4) is 0 Å². The summed E-state index contributed by atoms with van der Waals surface area (Å²) >= 11 is 3.21. The quantitative estimate of drug-likeness (QED) is 0.856. The molecule has 110 valence electrons. The van der Waals surface area contributed by atoms with Gasteiger partial charge in [-0.15, -0.1) is 0 Å². The van der Waals surface area contributed by atoms with Gasteiger partial charge in [-0.3, -0.25) is 4.79 Å². The predicted molar refractivity (Wildman–Crippen MR) is 79.4 cm³/mol. The number of halogens is 1. The first-order chi connectivity index (χ1) is 9.17. The van der Waals surface area contributed by atoms with Crippen LogP contribution in [0.3, 0.4) is 0 Å². The maximum Gasteiger partial charge on any atom is 0.410 e. The highest BCUT2D eigenvalue weighted by atomic mass is 79.9. The van der Waals surface area contributed by atoms with Crippen LogP contribution in [0.4, 0.5) is 10.6 Å². The average molecular weight is 344 g/mol. The Morgan fingerprint density at radius 1 is 1.40 bits per heavy atom. The predicted octanol–water partition coefficient (Wildman–Crippen LogP) is 2.65. The first kappa shape index (κ1) is 16.4. The summed E-state index contributed by atoms with van der Waals surface area (Å²) in [5, 5.41) is 2.60. The lowest BCUT2D eigenvalue weighted by molar-refractivity contribution is -0.117. The normalized spacial score (nSPS) is 10.8. The third kappa shape index (κ3) is 6.01. The molecular weight excluding hydrogens is 326 g/mol. The first-order valence-corrected chi connectivity index (χ1v) is 6.83. The van der Waals surface area contributed by atoms with Crippen molar-refractivity contribution in [3.63, 3.8) is 0 Å². The number of nitrogens with one attached hydrogen (secondary N) is 1. The van der Waals surface area contributed by atoms with E-state index in [1.165, 1.54) is 11.9 Å². The highest BCUT2D eigenvalue weighted by molar-refractivity contribution is 9.10. The highest BCUT2D eigenvalue weighted by Crippen LogP contribution is 2.11. The van der Waals surface area contributed by atoms with E-state index < -0.39 is 11.7 Å². The van der Waals surface area contributed by atoms with Crippen LogP contribution in [0.1, 0.15) is 20.8 Å². The molecule has 1 N–H and O–H groups in total. The van der Waals surface area contributed by atoms with Crippen molar-refractivity contribution in [3.05, 3.63) is 22.8 Å².